The van der Waals surface area contributed by atoms with Gasteiger partial charge in [0.2, 0.25) is 5.65 Å². The number of carbonyl (C=O) groups excluding carboxylic acids is 1. The van der Waals surface area contributed by atoms with Crippen molar-refractivity contribution in [1.82, 2.24) is 19.6 Å². The molecule has 0 aliphatic carbocycles. The molecule has 1 amide bonds. The number of fused-ring (bicyclic) bond motifs is 4. The number of hydrogen-bond acceptors (Lipinski definition) is 7. The van der Waals surface area contributed by atoms with E-state index in [0.717, 1.165) is 17.6 Å². The third-order valence-electron chi connectivity index (χ3n) is 5.18. The third-order valence-corrected chi connectivity index (χ3v) is 5.18. The largest absolute Gasteiger partial charge is 0.486 e. The fourth-order valence-corrected chi connectivity index (χ4v) is 3.73. The first-order chi connectivity index (χ1) is 15.3. The summed E-state index contributed by atoms with van der Waals surface area (Å²) in [6.45, 7) is 6.89. The molecule has 1 aromatic carbocycles. The van der Waals surface area contributed by atoms with Crippen molar-refractivity contribution in [1.29, 1.82) is 0 Å². The second-order valence-electron chi connectivity index (χ2n) is 8.72. The zero-order chi connectivity index (χ0) is 22.5. The van der Waals surface area contributed by atoms with Crippen LogP contribution in [0.2, 0.25) is 0 Å². The highest BCUT2D eigenvalue weighted by Gasteiger charge is 2.22. The number of carbonyl (C=O) groups is 1. The fraction of sp³-hybridized carbons (Fsp3) is 0.304. The number of likely N-dealkylation sites (N-methyl/N-ethyl adjacent to an activating group) is 1. The second-order valence-corrected chi connectivity index (χ2v) is 8.72. The van der Waals surface area contributed by atoms with E-state index < -0.39 is 11.7 Å². The molecule has 1 aliphatic rings. The molecule has 5 rings (SSSR count). The second kappa shape index (κ2) is 7.37. The molecular weight excluding hydrogens is 408 g/mol. The van der Waals surface area contributed by atoms with E-state index >= 15 is 0 Å². The van der Waals surface area contributed by atoms with Gasteiger partial charge in [0, 0.05) is 18.6 Å². The van der Waals surface area contributed by atoms with Crippen LogP contribution in [0, 0.1) is 0 Å². The lowest BCUT2D eigenvalue weighted by molar-refractivity contribution is 0.0636. The molecule has 0 bridgehead atoms. The summed E-state index contributed by atoms with van der Waals surface area (Å²) in [5.41, 5.74) is 2.87. The monoisotopic (exact) mass is 432 g/mol. The Morgan fingerprint density at radius 3 is 2.81 bits per heavy atom. The standard InChI is InChI=1S/C23H24N6O3/c1-23(2,3)32-22(30)25-15-7-5-6-14-8-9-16(24-18(14)15)20-26-27-21-19-17(10-11-29(20)21)28(4)12-13-31-19/h5-11H,12-13H2,1-4H3,(H,25,30). The molecule has 0 fully saturated rings. The first-order valence-electron chi connectivity index (χ1n) is 10.4. The summed E-state index contributed by atoms with van der Waals surface area (Å²) >= 11 is 0. The van der Waals surface area contributed by atoms with E-state index in [1.54, 1.807) is 6.07 Å². The van der Waals surface area contributed by atoms with E-state index in [4.69, 9.17) is 14.5 Å². The Morgan fingerprint density at radius 2 is 2.00 bits per heavy atom. The van der Waals surface area contributed by atoms with Gasteiger partial charge in [-0.3, -0.25) is 9.72 Å². The van der Waals surface area contributed by atoms with E-state index in [9.17, 15) is 4.79 Å². The van der Waals surface area contributed by atoms with Crippen LogP contribution < -0.4 is 15.0 Å². The predicted octanol–water partition coefficient (Wildman–Crippen LogP) is 4.12. The Labute approximate surface area is 185 Å². The lowest BCUT2D eigenvalue weighted by Gasteiger charge is -2.27. The molecule has 164 valence electrons. The van der Waals surface area contributed by atoms with Crippen LogP contribution in [0.1, 0.15) is 20.8 Å². The maximum atomic E-state index is 12.3. The van der Waals surface area contributed by atoms with Gasteiger partial charge in [-0.1, -0.05) is 18.2 Å². The van der Waals surface area contributed by atoms with Crippen LogP contribution >= 0.6 is 0 Å². The summed E-state index contributed by atoms with van der Waals surface area (Å²) in [5.74, 6) is 1.31. The summed E-state index contributed by atoms with van der Waals surface area (Å²) in [6, 6.07) is 11.4. The summed E-state index contributed by atoms with van der Waals surface area (Å²) in [7, 11) is 2.03. The molecule has 3 aromatic heterocycles. The first kappa shape index (κ1) is 20.0. The van der Waals surface area contributed by atoms with Crippen molar-refractivity contribution >= 4 is 34.0 Å². The number of pyridine rings is 2. The Hall–Kier alpha value is -3.88. The van der Waals surface area contributed by atoms with Gasteiger partial charge < -0.3 is 14.4 Å². The van der Waals surface area contributed by atoms with E-state index in [1.165, 1.54) is 0 Å². The van der Waals surface area contributed by atoms with Crippen LogP contribution in [0.3, 0.4) is 0 Å². The Kier molecular flexibility index (Phi) is 4.61. The van der Waals surface area contributed by atoms with Crippen LogP contribution in [0.4, 0.5) is 16.2 Å². The van der Waals surface area contributed by atoms with Gasteiger partial charge in [0.25, 0.3) is 0 Å². The molecule has 0 spiro atoms. The molecule has 0 saturated carbocycles. The highest BCUT2D eigenvalue weighted by atomic mass is 16.6. The molecule has 0 radical (unpaired) electrons. The lowest BCUT2D eigenvalue weighted by Crippen LogP contribution is -2.29. The van der Waals surface area contributed by atoms with Gasteiger partial charge in [-0.05, 0) is 39.0 Å². The lowest BCUT2D eigenvalue weighted by atomic mass is 10.1. The number of nitrogens with zero attached hydrogens (tertiary/aromatic N) is 5. The van der Waals surface area contributed by atoms with E-state index in [1.807, 2.05) is 68.7 Å². The number of aromatic nitrogens is 4. The third kappa shape index (κ3) is 3.55. The minimum absolute atomic E-state index is 0.530. The van der Waals surface area contributed by atoms with Crippen LogP contribution in [-0.2, 0) is 4.74 Å². The van der Waals surface area contributed by atoms with Crippen molar-refractivity contribution in [3.63, 3.8) is 0 Å². The normalized spacial score (nSPS) is 13.7. The molecule has 4 heterocycles. The number of rotatable bonds is 2. The van der Waals surface area contributed by atoms with Crippen molar-refractivity contribution in [3.05, 3.63) is 42.6 Å². The molecule has 4 aromatic rings. The summed E-state index contributed by atoms with van der Waals surface area (Å²) in [4.78, 5) is 19.3. The molecule has 1 aliphatic heterocycles. The zero-order valence-corrected chi connectivity index (χ0v) is 18.4. The SMILES string of the molecule is CN1CCOc2c1ccn1c(-c3ccc4cccc(NC(=O)OC(C)(C)C)c4n3)nnc21. The van der Waals surface area contributed by atoms with Crippen molar-refractivity contribution in [2.24, 2.45) is 0 Å². The Morgan fingerprint density at radius 1 is 1.16 bits per heavy atom. The number of nitrogens with one attached hydrogen (secondary N) is 1. The minimum Gasteiger partial charge on any atom is -0.486 e. The maximum absolute atomic E-state index is 12.3. The number of para-hydroxylation sites is 1. The first-order valence-corrected chi connectivity index (χ1v) is 10.4. The van der Waals surface area contributed by atoms with Gasteiger partial charge in [-0.2, -0.15) is 0 Å². The van der Waals surface area contributed by atoms with Crippen molar-refractivity contribution in [2.75, 3.05) is 30.4 Å². The summed E-state index contributed by atoms with van der Waals surface area (Å²) in [5, 5.41) is 12.4. The summed E-state index contributed by atoms with van der Waals surface area (Å²) < 4.78 is 13.1. The molecule has 32 heavy (non-hydrogen) atoms. The quantitative estimate of drug-likeness (QED) is 0.509. The Bertz CT molecular complexity index is 1340. The van der Waals surface area contributed by atoms with Crippen LogP contribution in [0.15, 0.2) is 42.6 Å². The fourth-order valence-electron chi connectivity index (χ4n) is 3.73. The highest BCUT2D eigenvalue weighted by Crippen LogP contribution is 2.35. The van der Waals surface area contributed by atoms with Crippen LogP contribution in [-0.4, -0.2) is 51.5 Å². The van der Waals surface area contributed by atoms with Crippen LogP contribution in [0.5, 0.6) is 5.75 Å². The number of anilines is 2. The predicted molar refractivity (Wildman–Crippen MR) is 122 cm³/mol. The molecule has 9 heteroatoms. The molecule has 0 unspecified atom stereocenters. The van der Waals surface area contributed by atoms with Crippen molar-refractivity contribution in [2.45, 2.75) is 26.4 Å². The van der Waals surface area contributed by atoms with Gasteiger partial charge in [0.05, 0.1) is 23.4 Å². The molecule has 1 N–H and O–H groups in total. The van der Waals surface area contributed by atoms with Gasteiger partial charge in [0.1, 0.15) is 17.9 Å². The van der Waals surface area contributed by atoms with Gasteiger partial charge >= 0.3 is 6.09 Å². The number of ether oxygens (including phenoxy) is 2. The van der Waals surface area contributed by atoms with E-state index in [-0.39, 0.29) is 0 Å². The molecule has 0 saturated heterocycles. The van der Waals surface area contributed by atoms with E-state index in [0.29, 0.717) is 40.7 Å². The average molecular weight is 432 g/mol. The minimum atomic E-state index is -0.594. The number of amides is 1. The van der Waals surface area contributed by atoms with Crippen LogP contribution in [0.25, 0.3) is 28.1 Å². The van der Waals surface area contributed by atoms with Crippen molar-refractivity contribution < 1.29 is 14.3 Å². The maximum Gasteiger partial charge on any atom is 0.412 e. The average Bonchev–Trinajstić information content (AvgIpc) is 3.17. The number of benzene rings is 1. The van der Waals surface area contributed by atoms with Gasteiger partial charge in [-0.15, -0.1) is 10.2 Å². The molecular formula is C23H24N6O3. The summed E-state index contributed by atoms with van der Waals surface area (Å²) in [6.07, 6.45) is 1.39. The van der Waals surface area contributed by atoms with Gasteiger partial charge in [0.15, 0.2) is 11.6 Å². The zero-order valence-electron chi connectivity index (χ0n) is 18.4. The number of hydrogen-bond donors (Lipinski definition) is 1. The molecule has 0 atom stereocenters. The topological polar surface area (TPSA) is 93.9 Å². The van der Waals surface area contributed by atoms with Gasteiger partial charge in [-0.25, -0.2) is 9.78 Å². The highest BCUT2D eigenvalue weighted by molar-refractivity contribution is 5.98. The smallest absolute Gasteiger partial charge is 0.412 e. The van der Waals surface area contributed by atoms with Crippen molar-refractivity contribution in [3.8, 4) is 17.3 Å². The Balaban J connectivity index is 1.57. The van der Waals surface area contributed by atoms with E-state index in [2.05, 4.69) is 20.4 Å². The molecule has 9 nitrogen and oxygen atoms in total.